The average molecular weight is 424 g/mol. The lowest BCUT2D eigenvalue weighted by Gasteiger charge is -2.22. The van der Waals surface area contributed by atoms with Crippen LogP contribution in [0.5, 0.6) is 0 Å². The first-order chi connectivity index (χ1) is 14.7. The Bertz CT molecular complexity index is 919. The fourth-order valence-corrected chi connectivity index (χ4v) is 4.19. The Morgan fingerprint density at radius 3 is 2.45 bits per heavy atom. The lowest BCUT2D eigenvalue weighted by molar-refractivity contribution is 0.0928. The molecule has 0 spiro atoms. The zero-order valence-electron chi connectivity index (χ0n) is 19.9. The van der Waals surface area contributed by atoms with Gasteiger partial charge in [-0.3, -0.25) is 9.69 Å². The molecule has 1 amide bonds. The Morgan fingerprint density at radius 2 is 1.81 bits per heavy atom. The number of amides is 1. The number of fused-ring (bicyclic) bond motifs is 1. The fraction of sp³-hybridized carbons (Fsp3) is 0.560. The van der Waals surface area contributed by atoms with Gasteiger partial charge in [0.05, 0.1) is 6.04 Å². The zero-order valence-corrected chi connectivity index (χ0v) is 19.9. The highest BCUT2D eigenvalue weighted by Gasteiger charge is 2.26. The van der Waals surface area contributed by atoms with Crippen molar-refractivity contribution < 1.29 is 4.79 Å². The topological polar surface area (TPSA) is 63.1 Å². The Kier molecular flexibility index (Phi) is 7.65. The van der Waals surface area contributed by atoms with Crippen LogP contribution in [0.2, 0.25) is 0 Å². The van der Waals surface area contributed by atoms with Gasteiger partial charge in [0.15, 0.2) is 5.82 Å². The number of aryl methyl sites for hydroxylation is 2. The van der Waals surface area contributed by atoms with Crippen molar-refractivity contribution in [3.8, 4) is 0 Å². The van der Waals surface area contributed by atoms with E-state index in [1.54, 1.807) is 0 Å². The SMILES string of the molecule is CC(C)=CCN1CCc2nnc(C(CC(C)C)NC(=O)c3cc(C)cc(C)c3)n2CC1. The minimum absolute atomic E-state index is 0.0476. The molecule has 2 heterocycles. The minimum Gasteiger partial charge on any atom is -0.342 e. The van der Waals surface area contributed by atoms with E-state index in [0.717, 1.165) is 61.8 Å². The molecule has 0 saturated carbocycles. The number of nitrogens with zero attached hydrogens (tertiary/aromatic N) is 4. The van der Waals surface area contributed by atoms with E-state index in [9.17, 15) is 4.79 Å². The van der Waals surface area contributed by atoms with Crippen LogP contribution >= 0.6 is 0 Å². The molecule has 6 heteroatoms. The van der Waals surface area contributed by atoms with Gasteiger partial charge in [0.2, 0.25) is 0 Å². The molecular weight excluding hydrogens is 386 g/mol. The number of aromatic nitrogens is 3. The summed E-state index contributed by atoms with van der Waals surface area (Å²) in [5.74, 6) is 2.28. The summed E-state index contributed by atoms with van der Waals surface area (Å²) in [6, 6.07) is 5.82. The second kappa shape index (κ2) is 10.2. The first kappa shape index (κ1) is 23.2. The molecule has 0 fully saturated rings. The number of benzene rings is 1. The van der Waals surface area contributed by atoms with Crippen molar-refractivity contribution in [2.24, 2.45) is 5.92 Å². The van der Waals surface area contributed by atoms with E-state index >= 15 is 0 Å². The summed E-state index contributed by atoms with van der Waals surface area (Å²) in [6.07, 6.45) is 3.98. The number of nitrogens with one attached hydrogen (secondary N) is 1. The Labute approximate surface area is 186 Å². The highest BCUT2D eigenvalue weighted by atomic mass is 16.1. The molecule has 1 N–H and O–H groups in total. The lowest BCUT2D eigenvalue weighted by Crippen LogP contribution is -2.32. The molecular formula is C25H37N5O. The average Bonchev–Trinajstić information content (AvgIpc) is 2.97. The van der Waals surface area contributed by atoms with Crippen molar-refractivity contribution in [3.05, 3.63) is 58.2 Å². The quantitative estimate of drug-likeness (QED) is 0.677. The second-order valence-corrected chi connectivity index (χ2v) is 9.49. The smallest absolute Gasteiger partial charge is 0.251 e. The molecule has 1 aromatic heterocycles. The van der Waals surface area contributed by atoms with Crippen molar-refractivity contribution in [1.29, 1.82) is 0 Å². The van der Waals surface area contributed by atoms with E-state index < -0.39 is 0 Å². The highest BCUT2D eigenvalue weighted by Crippen LogP contribution is 2.23. The molecule has 1 unspecified atom stereocenters. The maximum Gasteiger partial charge on any atom is 0.251 e. The molecule has 0 saturated heterocycles. The van der Waals surface area contributed by atoms with Crippen LogP contribution < -0.4 is 5.32 Å². The molecule has 1 atom stereocenters. The summed E-state index contributed by atoms with van der Waals surface area (Å²) in [6.45, 7) is 16.4. The van der Waals surface area contributed by atoms with Gasteiger partial charge in [-0.15, -0.1) is 10.2 Å². The van der Waals surface area contributed by atoms with Gasteiger partial charge in [0, 0.05) is 38.2 Å². The maximum atomic E-state index is 13.1. The van der Waals surface area contributed by atoms with E-state index in [0.29, 0.717) is 11.5 Å². The predicted molar refractivity (Wildman–Crippen MR) is 125 cm³/mol. The van der Waals surface area contributed by atoms with Gasteiger partial charge in [-0.2, -0.15) is 0 Å². The normalized spacial score (nSPS) is 15.3. The largest absolute Gasteiger partial charge is 0.342 e. The van der Waals surface area contributed by atoms with Gasteiger partial charge < -0.3 is 9.88 Å². The highest BCUT2D eigenvalue weighted by molar-refractivity contribution is 5.94. The number of hydrogen-bond acceptors (Lipinski definition) is 4. The first-order valence-electron chi connectivity index (χ1n) is 11.4. The fourth-order valence-electron chi connectivity index (χ4n) is 4.19. The van der Waals surface area contributed by atoms with Crippen LogP contribution in [-0.4, -0.2) is 45.2 Å². The number of allylic oxidation sites excluding steroid dienone is 1. The molecule has 0 bridgehead atoms. The first-order valence-corrected chi connectivity index (χ1v) is 11.4. The Morgan fingerprint density at radius 1 is 1.10 bits per heavy atom. The lowest BCUT2D eigenvalue weighted by atomic mass is 10.0. The van der Waals surface area contributed by atoms with Crippen LogP contribution in [0.3, 0.4) is 0 Å². The van der Waals surface area contributed by atoms with Crippen molar-refractivity contribution in [2.75, 3.05) is 19.6 Å². The van der Waals surface area contributed by atoms with Crippen molar-refractivity contribution >= 4 is 5.91 Å². The third kappa shape index (κ3) is 6.26. The standard InChI is InChI=1S/C25H37N5O/c1-17(2)7-9-29-10-8-23-27-28-24(30(23)12-11-29)22(13-18(3)4)26-25(31)21-15-19(5)14-20(6)16-21/h7,14-16,18,22H,8-13H2,1-6H3,(H,26,31). The van der Waals surface area contributed by atoms with Gasteiger partial charge in [0.25, 0.3) is 5.91 Å². The minimum atomic E-state index is -0.154. The zero-order chi connectivity index (χ0) is 22.5. The monoisotopic (exact) mass is 423 g/mol. The van der Waals surface area contributed by atoms with Gasteiger partial charge in [-0.05, 0) is 52.2 Å². The molecule has 1 aliphatic heterocycles. The van der Waals surface area contributed by atoms with Crippen LogP contribution in [-0.2, 0) is 13.0 Å². The van der Waals surface area contributed by atoms with Crippen molar-refractivity contribution in [3.63, 3.8) is 0 Å². The van der Waals surface area contributed by atoms with Gasteiger partial charge in [-0.25, -0.2) is 0 Å². The summed E-state index contributed by atoms with van der Waals surface area (Å²) in [4.78, 5) is 15.5. The predicted octanol–water partition coefficient (Wildman–Crippen LogP) is 4.24. The summed E-state index contributed by atoms with van der Waals surface area (Å²) >= 11 is 0. The molecule has 1 aromatic carbocycles. The number of carbonyl (C=O) groups excluding carboxylic acids is 1. The van der Waals surface area contributed by atoms with Gasteiger partial charge in [0.1, 0.15) is 5.82 Å². The maximum absolute atomic E-state index is 13.1. The molecule has 31 heavy (non-hydrogen) atoms. The summed E-state index contributed by atoms with van der Waals surface area (Å²) < 4.78 is 2.23. The molecule has 6 nitrogen and oxygen atoms in total. The molecule has 3 rings (SSSR count). The summed E-state index contributed by atoms with van der Waals surface area (Å²) in [7, 11) is 0. The molecule has 2 aromatic rings. The third-order valence-electron chi connectivity index (χ3n) is 5.71. The Balaban J connectivity index is 1.80. The van der Waals surface area contributed by atoms with E-state index in [4.69, 9.17) is 0 Å². The van der Waals surface area contributed by atoms with Crippen molar-refractivity contribution in [2.45, 2.75) is 67.0 Å². The second-order valence-electron chi connectivity index (χ2n) is 9.49. The molecule has 0 aliphatic carbocycles. The van der Waals surface area contributed by atoms with Crippen LogP contribution in [0.4, 0.5) is 0 Å². The van der Waals surface area contributed by atoms with Gasteiger partial charge >= 0.3 is 0 Å². The van der Waals surface area contributed by atoms with Crippen LogP contribution in [0.15, 0.2) is 29.8 Å². The van der Waals surface area contributed by atoms with E-state index in [1.165, 1.54) is 5.57 Å². The van der Waals surface area contributed by atoms with Crippen LogP contribution in [0.1, 0.15) is 73.3 Å². The number of carbonyl (C=O) groups is 1. The van der Waals surface area contributed by atoms with E-state index in [1.807, 2.05) is 26.0 Å². The van der Waals surface area contributed by atoms with Crippen LogP contribution in [0, 0.1) is 19.8 Å². The summed E-state index contributed by atoms with van der Waals surface area (Å²) in [5.41, 5.74) is 4.24. The van der Waals surface area contributed by atoms with Crippen molar-refractivity contribution in [1.82, 2.24) is 25.0 Å². The van der Waals surface area contributed by atoms with E-state index in [2.05, 4.69) is 64.8 Å². The Hall–Kier alpha value is -2.47. The third-order valence-corrected chi connectivity index (χ3v) is 5.71. The van der Waals surface area contributed by atoms with Crippen LogP contribution in [0.25, 0.3) is 0 Å². The molecule has 168 valence electrons. The number of hydrogen-bond donors (Lipinski definition) is 1. The van der Waals surface area contributed by atoms with Gasteiger partial charge in [-0.1, -0.05) is 42.7 Å². The van der Waals surface area contributed by atoms with E-state index in [-0.39, 0.29) is 11.9 Å². The molecule has 1 aliphatic rings. The number of rotatable bonds is 7. The molecule has 0 radical (unpaired) electrons. The summed E-state index contributed by atoms with van der Waals surface area (Å²) in [5, 5.41) is 12.3.